The summed E-state index contributed by atoms with van der Waals surface area (Å²) in [6.45, 7) is 9.96. The van der Waals surface area contributed by atoms with Gasteiger partial charge in [-0.2, -0.15) is 0 Å². The third-order valence-corrected chi connectivity index (χ3v) is 7.27. The number of hydrogen-bond donors (Lipinski definition) is 0. The van der Waals surface area contributed by atoms with E-state index in [9.17, 15) is 0 Å². The molecule has 0 aliphatic rings. The highest BCUT2D eigenvalue weighted by molar-refractivity contribution is 5.92. The second-order valence-electron chi connectivity index (χ2n) is 10.4. The fourth-order valence-corrected chi connectivity index (χ4v) is 5.02. The first-order valence-electron chi connectivity index (χ1n) is 14.6. The minimum atomic E-state index is -0.544. The van der Waals surface area contributed by atoms with Crippen LogP contribution >= 0.6 is 0 Å². The van der Waals surface area contributed by atoms with E-state index in [2.05, 4.69) is 31.4 Å². The van der Waals surface area contributed by atoms with E-state index in [1.165, 1.54) is 0 Å². The van der Waals surface area contributed by atoms with E-state index in [1.807, 2.05) is 115 Å². The number of ether oxygens (including phenoxy) is 4. The van der Waals surface area contributed by atoms with Gasteiger partial charge in [0.2, 0.25) is 0 Å². The molecule has 0 spiro atoms. The molecule has 0 heterocycles. The first-order valence-corrected chi connectivity index (χ1v) is 14.6. The van der Waals surface area contributed by atoms with Crippen molar-refractivity contribution in [2.24, 2.45) is 0 Å². The summed E-state index contributed by atoms with van der Waals surface area (Å²) in [6, 6.07) is 44.6. The molecular formula is C39H38O4. The number of hydrogen-bond acceptors (Lipinski definition) is 4. The van der Waals surface area contributed by atoms with Crippen LogP contribution in [0.3, 0.4) is 0 Å². The fraction of sp³-hybridized carbons (Fsp3) is 0.179. The Morgan fingerprint density at radius 3 is 1.77 bits per heavy atom. The molecule has 0 aliphatic carbocycles. The number of fused-ring (bicyclic) bond motifs is 1. The molecule has 0 radical (unpaired) electrons. The van der Waals surface area contributed by atoms with Crippen molar-refractivity contribution in [3.63, 3.8) is 0 Å². The molecule has 0 aliphatic heterocycles. The molecule has 5 aromatic carbocycles. The van der Waals surface area contributed by atoms with Gasteiger partial charge in [-0.3, -0.25) is 0 Å². The zero-order valence-corrected chi connectivity index (χ0v) is 24.4. The monoisotopic (exact) mass is 570 g/mol. The lowest BCUT2D eigenvalue weighted by Gasteiger charge is -2.33. The zero-order chi connectivity index (χ0) is 29.7. The van der Waals surface area contributed by atoms with Crippen molar-refractivity contribution < 1.29 is 18.9 Å². The van der Waals surface area contributed by atoms with Crippen LogP contribution < -0.4 is 0 Å². The molecule has 4 nitrogen and oxygen atoms in total. The molecule has 0 N–H and O–H groups in total. The SMILES string of the molecule is C=C[C@@H](OCc1ccccc1)[C@H](OCc1ccccc1)[C@@H](COCc1ccccc1)OC(=C)c1cccc2ccccc12. The molecule has 0 saturated carbocycles. The van der Waals surface area contributed by atoms with E-state index in [0.29, 0.717) is 25.6 Å². The lowest BCUT2D eigenvalue weighted by atomic mass is 10.0. The van der Waals surface area contributed by atoms with E-state index in [-0.39, 0.29) is 6.61 Å². The Labute approximate surface area is 254 Å². The van der Waals surface area contributed by atoms with Crippen molar-refractivity contribution in [1.29, 1.82) is 0 Å². The van der Waals surface area contributed by atoms with Crippen LogP contribution in [-0.4, -0.2) is 24.9 Å². The van der Waals surface area contributed by atoms with Crippen LogP contribution in [0, 0.1) is 0 Å². The molecule has 0 fully saturated rings. The third kappa shape index (κ3) is 8.52. The van der Waals surface area contributed by atoms with Crippen molar-refractivity contribution in [2.75, 3.05) is 6.61 Å². The summed E-state index contributed by atoms with van der Waals surface area (Å²) in [7, 11) is 0. The molecule has 218 valence electrons. The minimum Gasteiger partial charge on any atom is -0.485 e. The van der Waals surface area contributed by atoms with Gasteiger partial charge in [0, 0.05) is 5.56 Å². The lowest BCUT2D eigenvalue weighted by Crippen LogP contribution is -2.44. The lowest BCUT2D eigenvalue weighted by molar-refractivity contribution is -0.132. The highest BCUT2D eigenvalue weighted by atomic mass is 16.6. The topological polar surface area (TPSA) is 36.9 Å². The van der Waals surface area contributed by atoms with Gasteiger partial charge in [-0.15, -0.1) is 6.58 Å². The molecule has 0 amide bonds. The Morgan fingerprint density at radius 1 is 0.605 bits per heavy atom. The maximum atomic E-state index is 6.70. The average Bonchev–Trinajstić information content (AvgIpc) is 3.07. The summed E-state index contributed by atoms with van der Waals surface area (Å²) < 4.78 is 26.0. The smallest absolute Gasteiger partial charge is 0.151 e. The quantitative estimate of drug-likeness (QED) is 0.0878. The first-order chi connectivity index (χ1) is 21.2. The van der Waals surface area contributed by atoms with Crippen LogP contribution in [0.2, 0.25) is 0 Å². The minimum absolute atomic E-state index is 0.261. The summed E-state index contributed by atoms with van der Waals surface area (Å²) in [5.41, 5.74) is 4.12. The molecule has 0 aromatic heterocycles. The van der Waals surface area contributed by atoms with Gasteiger partial charge >= 0.3 is 0 Å². The molecular weight excluding hydrogens is 532 g/mol. The van der Waals surface area contributed by atoms with E-state index >= 15 is 0 Å². The predicted molar refractivity (Wildman–Crippen MR) is 174 cm³/mol. The van der Waals surface area contributed by atoms with Crippen molar-refractivity contribution in [3.8, 4) is 0 Å². The Hall–Kier alpha value is -4.48. The van der Waals surface area contributed by atoms with Crippen LogP contribution in [0.4, 0.5) is 0 Å². The van der Waals surface area contributed by atoms with Gasteiger partial charge in [0.25, 0.3) is 0 Å². The standard InChI is InChI=1S/C39H38O4/c1-3-37(41-27-32-18-9-5-10-19-32)39(42-28-33-20-11-6-12-21-33)38(29-40-26-31-16-7-4-8-17-31)43-30(2)35-25-15-23-34-22-13-14-24-36(34)35/h3-25,37-39H,1-2,26-29H2/t37-,38-,39+/m1/s1. The fourth-order valence-electron chi connectivity index (χ4n) is 5.02. The summed E-state index contributed by atoms with van der Waals surface area (Å²) in [4.78, 5) is 0. The largest absolute Gasteiger partial charge is 0.485 e. The highest BCUT2D eigenvalue weighted by Crippen LogP contribution is 2.28. The normalized spacial score (nSPS) is 13.2. The summed E-state index contributed by atoms with van der Waals surface area (Å²) in [5, 5.41) is 2.19. The first kappa shape index (κ1) is 30.0. The van der Waals surface area contributed by atoms with Crippen LogP contribution in [0.1, 0.15) is 22.3 Å². The molecule has 0 unspecified atom stereocenters. The van der Waals surface area contributed by atoms with Crippen molar-refractivity contribution in [2.45, 2.75) is 38.1 Å². The Kier molecular flexibility index (Phi) is 10.9. The van der Waals surface area contributed by atoms with Gasteiger partial charge in [-0.1, -0.05) is 146 Å². The molecule has 43 heavy (non-hydrogen) atoms. The average molecular weight is 571 g/mol. The van der Waals surface area contributed by atoms with Crippen LogP contribution in [0.25, 0.3) is 16.5 Å². The van der Waals surface area contributed by atoms with Gasteiger partial charge in [-0.25, -0.2) is 0 Å². The van der Waals surface area contributed by atoms with Gasteiger partial charge < -0.3 is 18.9 Å². The van der Waals surface area contributed by atoms with Gasteiger partial charge in [0.1, 0.15) is 18.0 Å². The van der Waals surface area contributed by atoms with Gasteiger partial charge in [-0.05, 0) is 27.5 Å². The Morgan fingerprint density at radius 2 is 1.14 bits per heavy atom. The van der Waals surface area contributed by atoms with Crippen LogP contribution in [0.15, 0.2) is 153 Å². The maximum absolute atomic E-state index is 6.70. The van der Waals surface area contributed by atoms with Crippen molar-refractivity contribution in [1.82, 2.24) is 0 Å². The zero-order valence-electron chi connectivity index (χ0n) is 24.4. The second kappa shape index (κ2) is 15.7. The van der Waals surface area contributed by atoms with E-state index in [1.54, 1.807) is 6.08 Å². The predicted octanol–water partition coefficient (Wildman–Crippen LogP) is 8.77. The van der Waals surface area contributed by atoms with Gasteiger partial charge in [0.05, 0.1) is 26.4 Å². The second-order valence-corrected chi connectivity index (χ2v) is 10.4. The third-order valence-electron chi connectivity index (χ3n) is 7.27. The summed E-state index contributed by atoms with van der Waals surface area (Å²) in [5.74, 6) is 0.546. The molecule has 4 heteroatoms. The van der Waals surface area contributed by atoms with E-state index < -0.39 is 18.3 Å². The van der Waals surface area contributed by atoms with Crippen LogP contribution in [-0.2, 0) is 38.8 Å². The molecule has 0 saturated heterocycles. The molecule has 5 aromatic rings. The number of rotatable bonds is 16. The molecule has 0 bridgehead atoms. The molecule has 3 atom stereocenters. The van der Waals surface area contributed by atoms with Crippen LogP contribution in [0.5, 0.6) is 0 Å². The summed E-state index contributed by atoms with van der Waals surface area (Å²) in [6.07, 6.45) is 0.225. The van der Waals surface area contributed by atoms with E-state index in [4.69, 9.17) is 18.9 Å². The maximum Gasteiger partial charge on any atom is 0.151 e. The van der Waals surface area contributed by atoms with E-state index in [0.717, 1.165) is 33.0 Å². The number of benzene rings is 5. The highest BCUT2D eigenvalue weighted by Gasteiger charge is 2.33. The Balaban J connectivity index is 1.42. The Bertz CT molecular complexity index is 1560. The molecule has 5 rings (SSSR count). The van der Waals surface area contributed by atoms with Crippen molar-refractivity contribution >= 4 is 16.5 Å². The summed E-state index contributed by atoms with van der Waals surface area (Å²) >= 11 is 0. The van der Waals surface area contributed by atoms with Crippen molar-refractivity contribution in [3.05, 3.63) is 175 Å². The van der Waals surface area contributed by atoms with Gasteiger partial charge in [0.15, 0.2) is 6.10 Å².